The van der Waals surface area contributed by atoms with Gasteiger partial charge in [-0.1, -0.05) is 41.8 Å². The van der Waals surface area contributed by atoms with Gasteiger partial charge in [0, 0.05) is 29.1 Å². The zero-order valence-corrected chi connectivity index (χ0v) is 29.8. The summed E-state index contributed by atoms with van der Waals surface area (Å²) in [5.41, 5.74) is 2.31. The van der Waals surface area contributed by atoms with Crippen LogP contribution < -0.4 is 10.6 Å². The monoisotopic (exact) mass is 706 g/mol. The molecule has 2 amide bonds. The molecule has 0 saturated heterocycles. The number of aromatic amines is 1. The normalized spacial score (nSPS) is 12.7. The number of esters is 1. The molecule has 0 aliphatic heterocycles. The Morgan fingerprint density at radius 3 is 2.40 bits per heavy atom. The van der Waals surface area contributed by atoms with Crippen molar-refractivity contribution in [2.24, 2.45) is 0 Å². The van der Waals surface area contributed by atoms with Crippen LogP contribution in [0.1, 0.15) is 76.0 Å². The number of aromatic nitrogens is 2. The van der Waals surface area contributed by atoms with Crippen LogP contribution >= 0.6 is 35.0 Å². The maximum atomic E-state index is 12.9. The van der Waals surface area contributed by atoms with Crippen molar-refractivity contribution in [3.63, 3.8) is 0 Å². The van der Waals surface area contributed by atoms with E-state index in [-0.39, 0.29) is 18.1 Å². The highest BCUT2D eigenvalue weighted by molar-refractivity contribution is 7.98. The number of phenols is 1. The lowest BCUT2D eigenvalue weighted by atomic mass is 10.0. The lowest BCUT2D eigenvalue weighted by Gasteiger charge is -2.23. The molecule has 47 heavy (non-hydrogen) atoms. The van der Waals surface area contributed by atoms with E-state index in [2.05, 4.69) is 15.6 Å². The number of alkyl carbamates (subject to hydrolysis) is 1. The Morgan fingerprint density at radius 2 is 1.77 bits per heavy atom. The first-order valence-electron chi connectivity index (χ1n) is 15.5. The summed E-state index contributed by atoms with van der Waals surface area (Å²) >= 11 is 14.4. The van der Waals surface area contributed by atoms with Gasteiger partial charge in [0.25, 0.3) is 0 Å². The van der Waals surface area contributed by atoms with Crippen LogP contribution in [0, 0.1) is 0 Å². The van der Waals surface area contributed by atoms with Gasteiger partial charge in [-0.25, -0.2) is 14.6 Å². The molecule has 0 fully saturated rings. The average molecular weight is 708 g/mol. The predicted octanol–water partition coefficient (Wildman–Crippen LogP) is 7.41. The minimum atomic E-state index is -0.699. The van der Waals surface area contributed by atoms with Crippen LogP contribution in [0.5, 0.6) is 5.75 Å². The van der Waals surface area contributed by atoms with E-state index < -0.39 is 29.7 Å². The molecule has 0 saturated carbocycles. The van der Waals surface area contributed by atoms with Gasteiger partial charge in [0.05, 0.1) is 23.9 Å². The number of benzene rings is 2. The number of aryl methyl sites for hydroxylation is 1. The number of halogens is 2. The fraction of sp³-hybridized carbons (Fsp3) is 0.471. The minimum absolute atomic E-state index is 0.140. The van der Waals surface area contributed by atoms with E-state index in [1.807, 2.05) is 12.3 Å². The second kappa shape index (κ2) is 18.2. The molecule has 0 bridgehead atoms. The first-order valence-corrected chi connectivity index (χ1v) is 17.6. The highest BCUT2D eigenvalue weighted by Gasteiger charge is 2.26. The molecule has 0 radical (unpaired) electrons. The summed E-state index contributed by atoms with van der Waals surface area (Å²) in [6, 6.07) is 10.7. The number of amides is 2. The van der Waals surface area contributed by atoms with Crippen LogP contribution in [-0.4, -0.2) is 63.8 Å². The van der Waals surface area contributed by atoms with E-state index in [1.165, 1.54) is 7.11 Å². The smallest absolute Gasteiger partial charge is 0.408 e. The van der Waals surface area contributed by atoms with Crippen molar-refractivity contribution in [2.75, 3.05) is 19.1 Å². The van der Waals surface area contributed by atoms with Gasteiger partial charge in [-0.3, -0.25) is 4.79 Å². The number of H-pyrrole nitrogens is 1. The molecule has 3 rings (SSSR count). The van der Waals surface area contributed by atoms with Gasteiger partial charge in [-0.05, 0) is 94.4 Å². The Kier molecular flexibility index (Phi) is 14.7. The van der Waals surface area contributed by atoms with Crippen molar-refractivity contribution in [1.29, 1.82) is 0 Å². The van der Waals surface area contributed by atoms with Crippen molar-refractivity contribution in [3.05, 3.63) is 69.6 Å². The highest BCUT2D eigenvalue weighted by Crippen LogP contribution is 2.33. The minimum Gasteiger partial charge on any atom is -0.508 e. The molecule has 0 aliphatic carbocycles. The number of aromatic hydroxyl groups is 1. The van der Waals surface area contributed by atoms with E-state index in [0.717, 1.165) is 29.9 Å². The number of hydrogen-bond acceptors (Lipinski definition) is 8. The summed E-state index contributed by atoms with van der Waals surface area (Å²) in [7, 11) is 1.32. The highest BCUT2D eigenvalue weighted by atomic mass is 35.5. The van der Waals surface area contributed by atoms with Gasteiger partial charge < -0.3 is 30.2 Å². The third-order valence-electron chi connectivity index (χ3n) is 7.14. The van der Waals surface area contributed by atoms with Crippen molar-refractivity contribution in [2.45, 2.75) is 83.4 Å². The van der Waals surface area contributed by atoms with Gasteiger partial charge >= 0.3 is 12.1 Å². The zero-order valence-electron chi connectivity index (χ0n) is 27.5. The topological polar surface area (TPSA) is 143 Å². The number of hydrogen-bond donors (Lipinski definition) is 4. The third kappa shape index (κ3) is 12.6. The van der Waals surface area contributed by atoms with E-state index in [0.29, 0.717) is 52.8 Å². The van der Waals surface area contributed by atoms with Crippen molar-refractivity contribution >= 4 is 52.9 Å². The molecular weight excluding hydrogens is 663 g/mol. The van der Waals surface area contributed by atoms with E-state index >= 15 is 0 Å². The summed E-state index contributed by atoms with van der Waals surface area (Å²) in [5, 5.41) is 16.4. The number of carbonyl (C=O) groups is 3. The number of rotatable bonds is 16. The molecule has 1 heterocycles. The van der Waals surface area contributed by atoms with Crippen LogP contribution in [0.2, 0.25) is 10.0 Å². The second-order valence-corrected chi connectivity index (χ2v) is 14.0. The summed E-state index contributed by atoms with van der Waals surface area (Å²) in [6.07, 6.45) is 5.23. The van der Waals surface area contributed by atoms with E-state index in [9.17, 15) is 19.5 Å². The Morgan fingerprint density at radius 1 is 1.04 bits per heavy atom. The third-order valence-corrected chi connectivity index (χ3v) is 8.33. The zero-order chi connectivity index (χ0) is 34.6. The molecule has 2 aromatic carbocycles. The number of phenolic OH excluding ortho intramolecular Hbond substituents is 1. The number of carbonyl (C=O) groups excluding carboxylic acids is 3. The number of ether oxygens (including phenoxy) is 2. The molecule has 10 nitrogen and oxygen atoms in total. The number of imidazole rings is 1. The van der Waals surface area contributed by atoms with E-state index in [4.69, 9.17) is 37.7 Å². The molecule has 3 aromatic rings. The quantitative estimate of drug-likeness (QED) is 0.0891. The Labute approximate surface area is 290 Å². The maximum Gasteiger partial charge on any atom is 0.408 e. The largest absolute Gasteiger partial charge is 0.508 e. The lowest BCUT2D eigenvalue weighted by Crippen LogP contribution is -2.41. The van der Waals surface area contributed by atoms with Crippen molar-refractivity contribution in [3.8, 4) is 17.0 Å². The molecule has 1 unspecified atom stereocenters. The molecule has 0 aliphatic rings. The summed E-state index contributed by atoms with van der Waals surface area (Å²) in [5.74, 6) is 0.750. The Balaban J connectivity index is 1.79. The van der Waals surface area contributed by atoms with Crippen molar-refractivity contribution in [1.82, 2.24) is 20.6 Å². The first kappa shape index (κ1) is 38.0. The number of nitrogens with one attached hydrogen (secondary N) is 3. The summed E-state index contributed by atoms with van der Waals surface area (Å²) in [6.45, 7) is 5.37. The van der Waals surface area contributed by atoms with Crippen molar-refractivity contribution < 1.29 is 29.0 Å². The molecule has 0 spiro atoms. The molecule has 2 atom stereocenters. The van der Waals surface area contributed by atoms with Gasteiger partial charge in [0.2, 0.25) is 5.91 Å². The van der Waals surface area contributed by atoms with Crippen LogP contribution in [0.4, 0.5) is 4.79 Å². The Hall–Kier alpha value is -3.41. The van der Waals surface area contributed by atoms with Crippen LogP contribution in [-0.2, 0) is 31.9 Å². The fourth-order valence-electron chi connectivity index (χ4n) is 4.87. The van der Waals surface area contributed by atoms with Gasteiger partial charge in [-0.2, -0.15) is 11.8 Å². The predicted molar refractivity (Wildman–Crippen MR) is 187 cm³/mol. The second-order valence-electron chi connectivity index (χ2n) is 12.1. The summed E-state index contributed by atoms with van der Waals surface area (Å²) in [4.78, 5) is 45.9. The number of unbranched alkanes of at least 4 members (excludes halogenated alkanes) is 2. The molecular formula is C34H44Cl2N4O6S. The molecule has 1 aromatic heterocycles. The Bertz CT molecular complexity index is 1490. The SMILES string of the molecule is COC(=O)C(CCSC)NC(=O)CCCCCc1[nH]c([C@H](Cc2ccc(O)cc2)NC(=O)OC(C)(C)C)nc1-c1ccc(Cl)cc1Cl. The molecule has 256 valence electrons. The van der Waals surface area contributed by atoms with Gasteiger partial charge in [-0.15, -0.1) is 0 Å². The number of methoxy groups -OCH3 is 1. The molecule has 4 N–H and O–H groups in total. The van der Waals surface area contributed by atoms with Gasteiger partial charge in [0.15, 0.2) is 0 Å². The maximum absolute atomic E-state index is 12.9. The average Bonchev–Trinajstić information content (AvgIpc) is 3.42. The van der Waals surface area contributed by atoms with Crippen LogP contribution in [0.3, 0.4) is 0 Å². The van der Waals surface area contributed by atoms with Crippen LogP contribution in [0.25, 0.3) is 11.3 Å². The lowest BCUT2D eigenvalue weighted by molar-refractivity contribution is -0.145. The number of nitrogens with zero attached hydrogens (tertiary/aromatic N) is 1. The first-order chi connectivity index (χ1) is 22.3. The number of thioether (sulfide) groups is 1. The van der Waals surface area contributed by atoms with E-state index in [1.54, 1.807) is 68.9 Å². The fourth-order valence-corrected chi connectivity index (χ4v) is 5.84. The van der Waals surface area contributed by atoms with Crippen LogP contribution in [0.15, 0.2) is 42.5 Å². The van der Waals surface area contributed by atoms with Gasteiger partial charge in [0.1, 0.15) is 23.2 Å². The molecule has 13 heteroatoms. The standard InChI is InChI=1S/C34H44Cl2N4O6S/c1-34(2,3)46-33(44)39-28(19-21-11-14-23(41)15-12-21)31-38-26(30(40-31)24-16-13-22(35)20-25(24)36)9-7-6-8-10-29(42)37-27(17-18-47-5)32(43)45-4/h11-16,20,27-28,41H,6-10,17-19H2,1-5H3,(H,37,42)(H,38,40)(H,39,44)/t27?,28-/m0/s1. The summed E-state index contributed by atoms with van der Waals surface area (Å²) < 4.78 is 10.4.